The average Bonchev–Trinajstić information content (AvgIpc) is 3.00. The predicted octanol–water partition coefficient (Wildman–Crippen LogP) is -0.598. The van der Waals surface area contributed by atoms with E-state index in [2.05, 4.69) is 32.9 Å². The Balaban J connectivity index is 1.74. The summed E-state index contributed by atoms with van der Waals surface area (Å²) < 4.78 is 11.4. The van der Waals surface area contributed by atoms with E-state index in [9.17, 15) is 34.5 Å². The SMILES string of the molecule is CC(=O)CN1CCOCCN(CC(=O)O)CCN(Cc2cccc(CN3CCN(CC(=O)O)CCOCCN(CC(=O)O)CC3)c2)CC1. The van der Waals surface area contributed by atoms with E-state index < -0.39 is 17.9 Å². The van der Waals surface area contributed by atoms with Crippen molar-refractivity contribution in [3.05, 3.63) is 35.4 Å². The van der Waals surface area contributed by atoms with Gasteiger partial charge in [-0.05, 0) is 18.1 Å². The molecule has 2 aliphatic rings. The summed E-state index contributed by atoms with van der Waals surface area (Å²) in [6.07, 6.45) is 0. The minimum Gasteiger partial charge on any atom is -0.480 e. The first-order valence-electron chi connectivity index (χ1n) is 16.8. The zero-order valence-electron chi connectivity index (χ0n) is 28.3. The number of benzene rings is 1. The summed E-state index contributed by atoms with van der Waals surface area (Å²) in [4.78, 5) is 58.7. The van der Waals surface area contributed by atoms with Crippen LogP contribution < -0.4 is 0 Å². The van der Waals surface area contributed by atoms with Gasteiger partial charge in [-0.2, -0.15) is 0 Å². The zero-order valence-corrected chi connectivity index (χ0v) is 28.3. The van der Waals surface area contributed by atoms with Crippen molar-refractivity contribution < 1.29 is 44.0 Å². The normalized spacial score (nSPS) is 20.5. The fourth-order valence-electron chi connectivity index (χ4n) is 5.96. The van der Waals surface area contributed by atoms with Gasteiger partial charge in [-0.3, -0.25) is 48.6 Å². The fraction of sp³-hybridized carbons (Fsp3) is 0.697. The van der Waals surface area contributed by atoms with E-state index in [-0.39, 0.29) is 25.4 Å². The van der Waals surface area contributed by atoms with E-state index in [0.717, 1.165) is 11.1 Å². The van der Waals surface area contributed by atoms with Crippen LogP contribution in [0.5, 0.6) is 0 Å². The van der Waals surface area contributed by atoms with E-state index in [0.29, 0.717) is 125 Å². The number of aliphatic carboxylic acids is 3. The van der Waals surface area contributed by atoms with E-state index in [1.165, 1.54) is 0 Å². The maximum atomic E-state index is 11.9. The minimum atomic E-state index is -0.889. The van der Waals surface area contributed by atoms with Crippen molar-refractivity contribution in [1.29, 1.82) is 0 Å². The van der Waals surface area contributed by atoms with Crippen LogP contribution in [-0.4, -0.2) is 200 Å². The van der Waals surface area contributed by atoms with Gasteiger partial charge in [0.2, 0.25) is 0 Å². The first kappa shape index (κ1) is 39.4. The highest BCUT2D eigenvalue weighted by Gasteiger charge is 2.19. The summed E-state index contributed by atoms with van der Waals surface area (Å²) in [7, 11) is 0. The smallest absolute Gasteiger partial charge is 0.317 e. The molecule has 270 valence electrons. The van der Waals surface area contributed by atoms with Crippen LogP contribution in [0.1, 0.15) is 18.1 Å². The molecule has 0 aliphatic carbocycles. The molecule has 3 rings (SSSR count). The summed E-state index contributed by atoms with van der Waals surface area (Å²) in [6.45, 7) is 11.7. The van der Waals surface area contributed by atoms with Crippen molar-refractivity contribution >= 4 is 23.7 Å². The molecule has 0 atom stereocenters. The van der Waals surface area contributed by atoms with Gasteiger partial charge in [-0.15, -0.1) is 0 Å². The molecule has 15 nitrogen and oxygen atoms in total. The highest BCUT2D eigenvalue weighted by molar-refractivity contribution is 5.77. The Labute approximate surface area is 283 Å². The lowest BCUT2D eigenvalue weighted by molar-refractivity contribution is -0.139. The van der Waals surface area contributed by atoms with E-state index in [4.69, 9.17) is 9.47 Å². The minimum absolute atomic E-state index is 0.0558. The highest BCUT2D eigenvalue weighted by atomic mass is 16.5. The molecule has 2 fully saturated rings. The van der Waals surface area contributed by atoms with Crippen LogP contribution in [0, 0.1) is 0 Å². The number of ketones is 1. The van der Waals surface area contributed by atoms with Crippen LogP contribution in [-0.2, 0) is 41.7 Å². The fourth-order valence-corrected chi connectivity index (χ4v) is 5.96. The number of hydrogen-bond acceptors (Lipinski definition) is 12. The Hall–Kier alpha value is -3.02. The number of nitrogens with zero attached hydrogens (tertiary/aromatic N) is 6. The molecule has 15 heteroatoms. The Morgan fingerprint density at radius 3 is 1.15 bits per heavy atom. The highest BCUT2D eigenvalue weighted by Crippen LogP contribution is 2.13. The zero-order chi connectivity index (χ0) is 34.7. The Bertz CT molecular complexity index is 1020. The molecule has 2 aliphatic heterocycles. The third-order valence-electron chi connectivity index (χ3n) is 8.46. The number of carbonyl (C=O) groups is 4. The summed E-state index contributed by atoms with van der Waals surface area (Å²) in [6, 6.07) is 8.34. The number of Topliss-reactive ketones (excluding diaryl/α,β-unsaturated/α-hetero) is 1. The van der Waals surface area contributed by atoms with Gasteiger partial charge in [0.1, 0.15) is 5.78 Å². The van der Waals surface area contributed by atoms with E-state index in [1.807, 2.05) is 20.8 Å². The topological polar surface area (TPSA) is 167 Å². The molecule has 2 saturated heterocycles. The monoisotopic (exact) mass is 678 g/mol. The van der Waals surface area contributed by atoms with Crippen LogP contribution in [0.25, 0.3) is 0 Å². The van der Waals surface area contributed by atoms with Gasteiger partial charge >= 0.3 is 17.9 Å². The van der Waals surface area contributed by atoms with Gasteiger partial charge in [0.25, 0.3) is 0 Å². The van der Waals surface area contributed by atoms with Crippen LogP contribution in [0.4, 0.5) is 0 Å². The van der Waals surface area contributed by atoms with E-state index >= 15 is 0 Å². The number of carboxylic acids is 3. The molecule has 0 radical (unpaired) electrons. The Morgan fingerprint density at radius 2 is 0.833 bits per heavy atom. The molecule has 1 aromatic carbocycles. The maximum Gasteiger partial charge on any atom is 0.317 e. The van der Waals surface area contributed by atoms with Gasteiger partial charge in [0, 0.05) is 91.6 Å². The van der Waals surface area contributed by atoms with Crippen LogP contribution in [0.3, 0.4) is 0 Å². The summed E-state index contributed by atoms with van der Waals surface area (Å²) >= 11 is 0. The van der Waals surface area contributed by atoms with Gasteiger partial charge in [-0.1, -0.05) is 24.3 Å². The number of rotatable bonds is 12. The van der Waals surface area contributed by atoms with Gasteiger partial charge < -0.3 is 24.8 Å². The molecule has 1 aromatic rings. The molecular weight excluding hydrogens is 624 g/mol. The molecule has 0 spiro atoms. The number of carboxylic acid groups (broad SMARTS) is 3. The molecule has 0 bridgehead atoms. The largest absolute Gasteiger partial charge is 0.480 e. The van der Waals surface area contributed by atoms with Crippen LogP contribution in [0.15, 0.2) is 24.3 Å². The Kier molecular flexibility index (Phi) is 17.9. The van der Waals surface area contributed by atoms with Crippen LogP contribution >= 0.6 is 0 Å². The number of ether oxygens (including phenoxy) is 2. The average molecular weight is 679 g/mol. The lowest BCUT2D eigenvalue weighted by Gasteiger charge is -2.31. The number of carbonyl (C=O) groups excluding carboxylic acids is 1. The van der Waals surface area contributed by atoms with Crippen molar-refractivity contribution in [3.63, 3.8) is 0 Å². The second-order valence-electron chi connectivity index (χ2n) is 12.6. The molecule has 0 aromatic heterocycles. The van der Waals surface area contributed by atoms with Crippen molar-refractivity contribution in [2.24, 2.45) is 0 Å². The quantitative estimate of drug-likeness (QED) is 0.256. The summed E-state index contributed by atoms with van der Waals surface area (Å²) in [5.41, 5.74) is 2.20. The third kappa shape index (κ3) is 16.9. The first-order valence-corrected chi connectivity index (χ1v) is 16.8. The third-order valence-corrected chi connectivity index (χ3v) is 8.46. The molecule has 0 amide bonds. The van der Waals surface area contributed by atoms with Gasteiger partial charge in [-0.25, -0.2) is 0 Å². The first-order chi connectivity index (χ1) is 23.0. The predicted molar refractivity (Wildman–Crippen MR) is 178 cm³/mol. The summed E-state index contributed by atoms with van der Waals surface area (Å²) in [5, 5.41) is 28.3. The van der Waals surface area contributed by atoms with E-state index in [1.54, 1.807) is 6.92 Å². The maximum absolute atomic E-state index is 11.9. The second kappa shape index (κ2) is 21.8. The number of hydrogen-bond donors (Lipinski definition) is 3. The molecule has 0 saturated carbocycles. The van der Waals surface area contributed by atoms with Gasteiger partial charge in [0.05, 0.1) is 52.6 Å². The molecule has 2 heterocycles. The lowest BCUT2D eigenvalue weighted by Crippen LogP contribution is -2.44. The van der Waals surface area contributed by atoms with Crippen molar-refractivity contribution in [1.82, 2.24) is 29.4 Å². The molecule has 0 unspecified atom stereocenters. The standard InChI is InChI=1S/C33H54N6O9/c1-28(40)22-36-9-5-34(6-10-37(25-31(41)42)14-18-47-17-13-36)23-29-3-2-4-30(21-29)24-35-7-11-38(26-32(43)44)15-19-48-20-16-39(12-8-35)27-33(45)46/h2-4,21H,5-20,22-27H2,1H3,(H,41,42)(H,43,44)(H,45,46). The van der Waals surface area contributed by atoms with Gasteiger partial charge in [0.15, 0.2) is 0 Å². The van der Waals surface area contributed by atoms with Crippen molar-refractivity contribution in [2.45, 2.75) is 20.0 Å². The molecule has 3 N–H and O–H groups in total. The lowest BCUT2D eigenvalue weighted by atomic mass is 10.1. The van der Waals surface area contributed by atoms with Crippen molar-refractivity contribution in [3.8, 4) is 0 Å². The van der Waals surface area contributed by atoms with Crippen molar-refractivity contribution in [2.75, 3.05) is 131 Å². The summed E-state index contributed by atoms with van der Waals surface area (Å²) in [5.74, 6) is -2.55. The molecule has 48 heavy (non-hydrogen) atoms. The van der Waals surface area contributed by atoms with Crippen LogP contribution in [0.2, 0.25) is 0 Å². The Morgan fingerprint density at radius 1 is 0.521 bits per heavy atom. The molecular formula is C33H54N6O9. The second-order valence-corrected chi connectivity index (χ2v) is 12.6.